The minimum absolute atomic E-state index is 0.0368. The van der Waals surface area contributed by atoms with Gasteiger partial charge < -0.3 is 28.6 Å². The van der Waals surface area contributed by atoms with E-state index in [2.05, 4.69) is 0 Å². The molecule has 0 aromatic heterocycles. The second-order valence-corrected chi connectivity index (χ2v) is 10.8. The van der Waals surface area contributed by atoms with Gasteiger partial charge in [0.05, 0.1) is 6.10 Å². The van der Waals surface area contributed by atoms with E-state index in [0.29, 0.717) is 10.6 Å². The molecule has 0 aliphatic carbocycles. The molecule has 4 rings (SSSR count). The second-order valence-electron chi connectivity index (χ2n) is 7.93. The summed E-state index contributed by atoms with van der Waals surface area (Å²) in [6.07, 6.45) is -3.27. The minimum atomic E-state index is -3.10. The van der Waals surface area contributed by atoms with E-state index >= 15 is 0 Å². The number of aliphatic hydroxyl groups is 1. The Labute approximate surface area is 171 Å². The van der Waals surface area contributed by atoms with Crippen molar-refractivity contribution in [1.82, 2.24) is 0 Å². The van der Waals surface area contributed by atoms with Gasteiger partial charge >= 0.3 is 0 Å². The van der Waals surface area contributed by atoms with Crippen LogP contribution < -0.4 is 10.6 Å². The fraction of sp³-hybridized carbons (Fsp3) is 0.455. The SMILES string of the molecule is CO[C@H]1O[C@H]([C@H](O)CP(=O)(c2ccccc2)c2ccccc2)[C@@H]2OC(C)(C)O[C@H]12. The summed E-state index contributed by atoms with van der Waals surface area (Å²) in [5.41, 5.74) is 0. The van der Waals surface area contributed by atoms with Gasteiger partial charge in [-0.1, -0.05) is 60.7 Å². The molecule has 0 bridgehead atoms. The van der Waals surface area contributed by atoms with Crippen LogP contribution in [-0.2, 0) is 23.5 Å². The molecule has 0 unspecified atom stereocenters. The van der Waals surface area contributed by atoms with Crippen molar-refractivity contribution in [3.63, 3.8) is 0 Å². The van der Waals surface area contributed by atoms with Crippen molar-refractivity contribution in [2.45, 2.75) is 50.3 Å². The summed E-state index contributed by atoms with van der Waals surface area (Å²) in [7, 11) is -1.56. The van der Waals surface area contributed by atoms with Gasteiger partial charge in [-0.2, -0.15) is 0 Å². The van der Waals surface area contributed by atoms with Gasteiger partial charge in [0, 0.05) is 23.9 Å². The lowest BCUT2D eigenvalue weighted by Gasteiger charge is -2.28. The molecular weight excluding hydrogens is 391 g/mol. The van der Waals surface area contributed by atoms with Crippen molar-refractivity contribution >= 4 is 17.8 Å². The van der Waals surface area contributed by atoms with E-state index in [9.17, 15) is 9.67 Å². The van der Waals surface area contributed by atoms with E-state index in [1.807, 2.05) is 74.5 Å². The van der Waals surface area contributed by atoms with Crippen molar-refractivity contribution in [3.8, 4) is 0 Å². The summed E-state index contributed by atoms with van der Waals surface area (Å²) >= 11 is 0. The van der Waals surface area contributed by atoms with E-state index < -0.39 is 43.6 Å². The third-order valence-corrected chi connectivity index (χ3v) is 8.60. The normalized spacial score (nSPS) is 29.5. The molecule has 2 aliphatic heterocycles. The Bertz CT molecular complexity index is 828. The molecule has 2 heterocycles. The molecule has 2 aromatic rings. The lowest BCUT2D eigenvalue weighted by atomic mass is 10.1. The van der Waals surface area contributed by atoms with Crippen molar-refractivity contribution in [2.75, 3.05) is 13.3 Å². The predicted molar refractivity (Wildman–Crippen MR) is 110 cm³/mol. The first-order chi connectivity index (χ1) is 13.8. The standard InChI is InChI=1S/C22H27O6P/c1-22(2)27-19-18(26-21(25-3)20(19)28-22)17(23)14-29(24,15-10-6-4-7-11-15)16-12-8-5-9-13-16/h4-13,17-21,23H,14H2,1-3H3/t17-,18-,19+,20+,21+/m1/s1. The van der Waals surface area contributed by atoms with E-state index in [4.69, 9.17) is 18.9 Å². The van der Waals surface area contributed by atoms with E-state index in [1.165, 1.54) is 7.11 Å². The number of hydrogen-bond acceptors (Lipinski definition) is 6. The Morgan fingerprint density at radius 2 is 1.52 bits per heavy atom. The Morgan fingerprint density at radius 3 is 2.03 bits per heavy atom. The molecule has 2 saturated heterocycles. The lowest BCUT2D eigenvalue weighted by molar-refractivity contribution is -0.235. The van der Waals surface area contributed by atoms with Crippen LogP contribution in [0.3, 0.4) is 0 Å². The highest BCUT2D eigenvalue weighted by Crippen LogP contribution is 2.47. The summed E-state index contributed by atoms with van der Waals surface area (Å²) in [6, 6.07) is 18.6. The van der Waals surface area contributed by atoms with Crippen LogP contribution in [0.5, 0.6) is 0 Å². The summed E-state index contributed by atoms with van der Waals surface area (Å²) in [5.74, 6) is -0.795. The molecule has 0 spiro atoms. The molecule has 6 nitrogen and oxygen atoms in total. The monoisotopic (exact) mass is 418 g/mol. The molecule has 0 amide bonds. The molecular formula is C22H27O6P. The Morgan fingerprint density at radius 1 is 1.00 bits per heavy atom. The molecule has 7 heteroatoms. The van der Waals surface area contributed by atoms with Crippen molar-refractivity contribution < 1.29 is 28.6 Å². The average Bonchev–Trinajstić information content (AvgIpc) is 3.21. The highest BCUT2D eigenvalue weighted by molar-refractivity contribution is 7.78. The highest BCUT2D eigenvalue weighted by Gasteiger charge is 2.57. The quantitative estimate of drug-likeness (QED) is 0.726. The summed E-state index contributed by atoms with van der Waals surface area (Å²) in [5, 5.41) is 12.6. The van der Waals surface area contributed by atoms with E-state index in [-0.39, 0.29) is 6.16 Å². The number of fused-ring (bicyclic) bond motifs is 1. The topological polar surface area (TPSA) is 74.2 Å². The molecule has 2 aromatic carbocycles. The third-order valence-electron chi connectivity index (χ3n) is 5.45. The first-order valence-corrected chi connectivity index (χ1v) is 11.7. The maximum absolute atomic E-state index is 14.2. The molecule has 1 N–H and O–H groups in total. The van der Waals surface area contributed by atoms with Gasteiger partial charge in [0.1, 0.15) is 25.5 Å². The van der Waals surface area contributed by atoms with Crippen molar-refractivity contribution in [3.05, 3.63) is 60.7 Å². The maximum atomic E-state index is 14.2. The number of benzene rings is 2. The Balaban J connectivity index is 1.64. The zero-order chi connectivity index (χ0) is 20.6. The number of aliphatic hydroxyl groups excluding tert-OH is 1. The third kappa shape index (κ3) is 3.93. The van der Waals surface area contributed by atoms with Crippen LogP contribution in [-0.4, -0.2) is 54.9 Å². The molecule has 0 saturated carbocycles. The van der Waals surface area contributed by atoms with Gasteiger partial charge in [-0.15, -0.1) is 0 Å². The molecule has 156 valence electrons. The predicted octanol–water partition coefficient (Wildman–Crippen LogP) is 2.25. The van der Waals surface area contributed by atoms with Crippen LogP contribution in [0.4, 0.5) is 0 Å². The molecule has 5 atom stereocenters. The van der Waals surface area contributed by atoms with Gasteiger partial charge in [-0.05, 0) is 13.8 Å². The Hall–Kier alpha value is -1.53. The zero-order valence-electron chi connectivity index (χ0n) is 16.8. The van der Waals surface area contributed by atoms with E-state index in [0.717, 1.165) is 0 Å². The fourth-order valence-electron chi connectivity index (χ4n) is 4.16. The van der Waals surface area contributed by atoms with Crippen LogP contribution in [0, 0.1) is 0 Å². The molecule has 2 aliphatic rings. The molecule has 0 radical (unpaired) electrons. The largest absolute Gasteiger partial charge is 0.390 e. The second kappa shape index (κ2) is 7.95. The van der Waals surface area contributed by atoms with Crippen LogP contribution in [0.2, 0.25) is 0 Å². The first-order valence-electron chi connectivity index (χ1n) is 9.76. The van der Waals surface area contributed by atoms with E-state index in [1.54, 1.807) is 0 Å². The zero-order valence-corrected chi connectivity index (χ0v) is 17.7. The highest BCUT2D eigenvalue weighted by atomic mass is 31.2. The average molecular weight is 418 g/mol. The lowest BCUT2D eigenvalue weighted by Crippen LogP contribution is -2.41. The van der Waals surface area contributed by atoms with Crippen LogP contribution >= 0.6 is 7.14 Å². The van der Waals surface area contributed by atoms with Gasteiger partial charge in [0.25, 0.3) is 0 Å². The number of rotatable bonds is 6. The van der Waals surface area contributed by atoms with Crippen molar-refractivity contribution in [1.29, 1.82) is 0 Å². The van der Waals surface area contributed by atoms with Gasteiger partial charge in [-0.3, -0.25) is 0 Å². The fourth-order valence-corrected chi connectivity index (χ4v) is 6.92. The van der Waals surface area contributed by atoms with Gasteiger partial charge in [0.2, 0.25) is 0 Å². The number of methoxy groups -OCH3 is 1. The maximum Gasteiger partial charge on any atom is 0.186 e. The summed E-state index contributed by atoms with van der Waals surface area (Å²) < 4.78 is 37.4. The summed E-state index contributed by atoms with van der Waals surface area (Å²) in [6.45, 7) is 3.64. The molecule has 29 heavy (non-hydrogen) atoms. The molecule has 2 fully saturated rings. The van der Waals surface area contributed by atoms with Crippen LogP contribution in [0.15, 0.2) is 60.7 Å². The Kier molecular flexibility index (Phi) is 5.68. The number of ether oxygens (including phenoxy) is 4. The van der Waals surface area contributed by atoms with Gasteiger partial charge in [-0.25, -0.2) is 0 Å². The smallest absolute Gasteiger partial charge is 0.186 e. The van der Waals surface area contributed by atoms with Gasteiger partial charge in [0.15, 0.2) is 12.1 Å². The van der Waals surface area contributed by atoms with Crippen LogP contribution in [0.25, 0.3) is 0 Å². The first kappa shape index (κ1) is 20.7. The minimum Gasteiger partial charge on any atom is -0.390 e. The van der Waals surface area contributed by atoms with Crippen molar-refractivity contribution in [2.24, 2.45) is 0 Å². The van der Waals surface area contributed by atoms with Crippen LogP contribution in [0.1, 0.15) is 13.8 Å². The summed E-state index contributed by atoms with van der Waals surface area (Å²) in [4.78, 5) is 0. The number of hydrogen-bond donors (Lipinski definition) is 1.